The van der Waals surface area contributed by atoms with Gasteiger partial charge in [0.2, 0.25) is 0 Å². The van der Waals surface area contributed by atoms with Gasteiger partial charge >= 0.3 is 6.03 Å². The third-order valence-electron chi connectivity index (χ3n) is 5.29. The number of sulfonamides is 1. The van der Waals surface area contributed by atoms with Crippen molar-refractivity contribution >= 4 is 33.1 Å². The van der Waals surface area contributed by atoms with Gasteiger partial charge in [-0.2, -0.15) is 4.31 Å². The molecule has 1 aliphatic heterocycles. The number of pyridine rings is 1. The molecule has 0 N–H and O–H groups in total. The first-order valence-electron chi connectivity index (χ1n) is 9.86. The molecule has 0 atom stereocenters. The number of carbonyl (C=O) groups excluding carboxylic acids is 1. The van der Waals surface area contributed by atoms with Crippen LogP contribution in [0, 0.1) is 6.92 Å². The van der Waals surface area contributed by atoms with Crippen molar-refractivity contribution in [2.45, 2.75) is 18.4 Å². The maximum atomic E-state index is 13.5. The Labute approximate surface area is 184 Å². The third kappa shape index (κ3) is 3.14. The summed E-state index contributed by atoms with van der Waals surface area (Å²) in [6.45, 7) is 1.82. The molecule has 3 heterocycles. The largest absolute Gasteiger partial charge is 0.343 e. The van der Waals surface area contributed by atoms with Crippen molar-refractivity contribution < 1.29 is 13.2 Å². The first-order valence-corrected chi connectivity index (χ1v) is 11.3. The van der Waals surface area contributed by atoms with E-state index in [1.54, 1.807) is 66.9 Å². The Morgan fingerprint density at radius 1 is 0.906 bits per heavy atom. The minimum Gasteiger partial charge on any atom is -0.286 e. The Kier molecular flexibility index (Phi) is 4.56. The lowest BCUT2D eigenvalue weighted by Gasteiger charge is -2.36. The minimum absolute atomic E-state index is 0.0117. The van der Waals surface area contributed by atoms with Crippen molar-refractivity contribution in [3.8, 4) is 0 Å². The van der Waals surface area contributed by atoms with E-state index < -0.39 is 16.1 Å². The Morgan fingerprint density at radius 3 is 2.41 bits per heavy atom. The zero-order valence-corrected chi connectivity index (χ0v) is 17.9. The van der Waals surface area contributed by atoms with Crippen LogP contribution in [0.5, 0.6) is 0 Å². The van der Waals surface area contributed by atoms with Crippen molar-refractivity contribution in [3.05, 3.63) is 101 Å². The second-order valence-corrected chi connectivity index (χ2v) is 9.21. The number of hydrogen-bond donors (Lipinski definition) is 0. The van der Waals surface area contributed by atoms with Gasteiger partial charge in [-0.15, -0.1) is 0 Å². The van der Waals surface area contributed by atoms with E-state index in [0.29, 0.717) is 11.3 Å². The molecule has 0 aliphatic carbocycles. The highest BCUT2D eigenvalue weighted by molar-refractivity contribution is 7.94. The van der Waals surface area contributed by atoms with Gasteiger partial charge in [0, 0.05) is 12.3 Å². The van der Waals surface area contributed by atoms with Crippen molar-refractivity contribution in [3.63, 3.8) is 0 Å². The van der Waals surface area contributed by atoms with Crippen LogP contribution in [-0.2, 0) is 16.6 Å². The molecule has 8 nitrogen and oxygen atoms in total. The second kappa shape index (κ2) is 7.31. The third-order valence-corrected chi connectivity index (χ3v) is 7.04. The number of urea groups is 1. The van der Waals surface area contributed by atoms with E-state index in [1.165, 1.54) is 21.4 Å². The molecule has 0 radical (unpaired) electrons. The van der Waals surface area contributed by atoms with Gasteiger partial charge in [0.05, 0.1) is 23.6 Å². The fraction of sp³-hybridized carbons (Fsp3) is 0.0870. The fourth-order valence-electron chi connectivity index (χ4n) is 3.74. The normalized spacial score (nSPS) is 15.1. The average Bonchev–Trinajstić information content (AvgIpc) is 2.78. The molecule has 5 rings (SSSR count). The number of rotatable bonds is 3. The van der Waals surface area contributed by atoms with Crippen LogP contribution in [0.4, 0.5) is 16.2 Å². The zero-order valence-electron chi connectivity index (χ0n) is 17.0. The summed E-state index contributed by atoms with van der Waals surface area (Å²) in [5, 5.41) is 0. The molecule has 0 spiro atoms. The van der Waals surface area contributed by atoms with Crippen molar-refractivity contribution in [1.29, 1.82) is 0 Å². The quantitative estimate of drug-likeness (QED) is 0.481. The summed E-state index contributed by atoms with van der Waals surface area (Å²) in [5.74, 6) is 0. The topological polar surface area (TPSA) is 92.1 Å². The monoisotopic (exact) mass is 446 g/mol. The van der Waals surface area contributed by atoms with Gasteiger partial charge in [-0.1, -0.05) is 35.9 Å². The lowest BCUT2D eigenvalue weighted by Crippen LogP contribution is -2.50. The Bertz CT molecular complexity index is 1530. The van der Waals surface area contributed by atoms with Gasteiger partial charge in [0.1, 0.15) is 10.5 Å². The molecule has 4 aromatic rings. The number of fused-ring (bicyclic) bond motifs is 2. The summed E-state index contributed by atoms with van der Waals surface area (Å²) in [7, 11) is -4.11. The predicted molar refractivity (Wildman–Crippen MR) is 120 cm³/mol. The molecular weight excluding hydrogens is 428 g/mol. The first kappa shape index (κ1) is 20.0. The van der Waals surface area contributed by atoms with E-state index in [4.69, 9.17) is 0 Å². The van der Waals surface area contributed by atoms with Gasteiger partial charge in [0.15, 0.2) is 0 Å². The number of carbonyl (C=O) groups is 1. The Hall–Kier alpha value is -3.98. The predicted octanol–water partition coefficient (Wildman–Crippen LogP) is 3.34. The number of hydrogen-bond acceptors (Lipinski definition) is 5. The minimum atomic E-state index is -4.11. The molecule has 1 aliphatic rings. The molecular formula is C23H18N4O4S. The van der Waals surface area contributed by atoms with Crippen LogP contribution >= 0.6 is 0 Å². The summed E-state index contributed by atoms with van der Waals surface area (Å²) in [6.07, 6.45) is 1.61. The van der Waals surface area contributed by atoms with Crippen LogP contribution in [0.2, 0.25) is 0 Å². The molecule has 0 saturated heterocycles. The van der Waals surface area contributed by atoms with E-state index in [0.717, 1.165) is 9.87 Å². The first-order chi connectivity index (χ1) is 15.4. The highest BCUT2D eigenvalue weighted by Crippen LogP contribution is 2.37. The van der Waals surface area contributed by atoms with Crippen molar-refractivity contribution in [1.82, 2.24) is 9.38 Å². The van der Waals surface area contributed by atoms with Crippen LogP contribution in [0.3, 0.4) is 0 Å². The number of aryl methyl sites for hydroxylation is 1. The van der Waals surface area contributed by atoms with Crippen LogP contribution in [0.1, 0.15) is 11.3 Å². The lowest BCUT2D eigenvalue weighted by atomic mass is 10.2. The highest BCUT2D eigenvalue weighted by Gasteiger charge is 2.42. The number of nitrogens with zero attached hydrogens (tertiary/aromatic N) is 4. The SMILES string of the molecule is Cc1ccc(N2C(=O)N(Cc3cc(=O)n4ccccc4n3)c3ccccc3S2(=O)=O)cc1. The molecule has 32 heavy (non-hydrogen) atoms. The standard InChI is InChI=1S/C23H18N4O4S/c1-16-9-11-18(12-10-16)27-23(29)26(19-6-2-3-7-20(19)32(27,30)31)15-17-14-22(28)25-13-5-4-8-21(25)24-17/h2-14H,15H2,1H3. The molecule has 0 saturated carbocycles. The maximum absolute atomic E-state index is 13.5. The molecule has 2 aromatic carbocycles. The van der Waals surface area contributed by atoms with Gasteiger partial charge in [-0.3, -0.25) is 14.1 Å². The van der Waals surface area contributed by atoms with Gasteiger partial charge in [0.25, 0.3) is 15.6 Å². The molecule has 0 unspecified atom stereocenters. The highest BCUT2D eigenvalue weighted by atomic mass is 32.2. The average molecular weight is 446 g/mol. The molecule has 0 bridgehead atoms. The Morgan fingerprint density at radius 2 is 1.62 bits per heavy atom. The van der Waals surface area contributed by atoms with Gasteiger partial charge in [-0.05, 0) is 43.3 Å². The van der Waals surface area contributed by atoms with E-state index >= 15 is 0 Å². The molecule has 2 aromatic heterocycles. The van der Waals surface area contributed by atoms with Crippen LogP contribution in [0.15, 0.2) is 88.7 Å². The zero-order chi connectivity index (χ0) is 22.5. The molecule has 9 heteroatoms. The van der Waals surface area contributed by atoms with Crippen LogP contribution < -0.4 is 14.8 Å². The van der Waals surface area contributed by atoms with E-state index in [1.807, 2.05) is 6.92 Å². The lowest BCUT2D eigenvalue weighted by molar-refractivity contribution is 0.253. The number of benzene rings is 2. The molecule has 2 amide bonds. The summed E-state index contributed by atoms with van der Waals surface area (Å²) in [5.41, 5.74) is 1.94. The Balaban J connectivity index is 1.65. The van der Waals surface area contributed by atoms with Gasteiger partial charge in [-0.25, -0.2) is 18.2 Å². The number of para-hydroxylation sites is 1. The number of anilines is 2. The maximum Gasteiger partial charge on any atom is 0.343 e. The van der Waals surface area contributed by atoms with Crippen molar-refractivity contribution in [2.24, 2.45) is 0 Å². The van der Waals surface area contributed by atoms with Crippen molar-refractivity contribution in [2.75, 3.05) is 9.21 Å². The van der Waals surface area contributed by atoms with Crippen LogP contribution in [0.25, 0.3) is 5.65 Å². The van der Waals surface area contributed by atoms with Crippen LogP contribution in [-0.4, -0.2) is 23.8 Å². The van der Waals surface area contributed by atoms with Gasteiger partial charge < -0.3 is 0 Å². The smallest absolute Gasteiger partial charge is 0.286 e. The number of aromatic nitrogens is 2. The summed E-state index contributed by atoms with van der Waals surface area (Å²) < 4.78 is 28.9. The van der Waals surface area contributed by atoms with E-state index in [2.05, 4.69) is 4.98 Å². The summed E-state index contributed by atoms with van der Waals surface area (Å²) >= 11 is 0. The molecule has 160 valence electrons. The van der Waals surface area contributed by atoms with E-state index in [9.17, 15) is 18.0 Å². The summed E-state index contributed by atoms with van der Waals surface area (Å²) in [6, 6.07) is 18.8. The second-order valence-electron chi connectivity index (χ2n) is 7.46. The van der Waals surface area contributed by atoms with E-state index in [-0.39, 0.29) is 28.4 Å². The molecule has 0 fully saturated rings. The fourth-order valence-corrected chi connectivity index (χ4v) is 5.33. The summed E-state index contributed by atoms with van der Waals surface area (Å²) in [4.78, 5) is 31.8. The number of amides is 2.